The predicted octanol–water partition coefficient (Wildman–Crippen LogP) is 4.05. The summed E-state index contributed by atoms with van der Waals surface area (Å²) in [7, 11) is 0. The van der Waals surface area contributed by atoms with E-state index in [1.165, 1.54) is 22.2 Å². The van der Waals surface area contributed by atoms with Gasteiger partial charge in [-0.05, 0) is 30.2 Å². The molecule has 1 saturated heterocycles. The number of halogens is 1. The third-order valence-corrected chi connectivity index (χ3v) is 6.05. The number of nitrogens with one attached hydrogen (secondary N) is 1. The van der Waals surface area contributed by atoms with E-state index in [9.17, 15) is 0 Å². The molecule has 6 heteroatoms. The van der Waals surface area contributed by atoms with Crippen LogP contribution in [0, 0.1) is 0 Å². The molecule has 2 aromatic carbocycles. The molecule has 3 heterocycles. The number of hydrogen-bond acceptors (Lipinski definition) is 4. The quantitative estimate of drug-likeness (QED) is 0.674. The van der Waals surface area contributed by atoms with E-state index >= 15 is 0 Å². The molecule has 2 aliphatic heterocycles. The van der Waals surface area contributed by atoms with Gasteiger partial charge in [-0.15, -0.1) is 0 Å². The molecule has 0 atom stereocenters. The minimum Gasteiger partial charge on any atom is -0.369 e. The van der Waals surface area contributed by atoms with E-state index in [2.05, 4.69) is 45.2 Å². The Morgan fingerprint density at radius 3 is 2.82 bits per heavy atom. The fourth-order valence-electron chi connectivity index (χ4n) is 4.15. The van der Waals surface area contributed by atoms with Crippen molar-refractivity contribution in [2.24, 2.45) is 0 Å². The number of fused-ring (bicyclic) bond motifs is 2. The van der Waals surface area contributed by atoms with Crippen molar-refractivity contribution in [1.82, 2.24) is 9.88 Å². The zero-order valence-corrected chi connectivity index (χ0v) is 16.5. The van der Waals surface area contributed by atoms with E-state index < -0.39 is 0 Å². The molecule has 0 radical (unpaired) electrons. The summed E-state index contributed by atoms with van der Waals surface area (Å²) < 4.78 is 0. The molecule has 3 aromatic rings. The standard InChI is InChI=1S/C22H24ClN3O2/c23-18-2-4-20-17(15-24-21(20)13-18)5-7-25-8-10-26(11-9-25)19-3-1-16-6-12-27-28-22(16)14-19/h1-4,13-15,24H,5-12H2. The monoisotopic (exact) mass is 397 g/mol. The number of rotatable bonds is 4. The van der Waals surface area contributed by atoms with Crippen LogP contribution in [0.25, 0.3) is 10.9 Å². The third-order valence-electron chi connectivity index (χ3n) is 5.82. The van der Waals surface area contributed by atoms with Crippen molar-refractivity contribution in [2.45, 2.75) is 12.8 Å². The van der Waals surface area contributed by atoms with Crippen LogP contribution in [0.5, 0.6) is 5.75 Å². The lowest BCUT2D eigenvalue weighted by atomic mass is 10.1. The van der Waals surface area contributed by atoms with E-state index in [1.54, 1.807) is 0 Å². The van der Waals surface area contributed by atoms with Gasteiger partial charge in [0.05, 0.1) is 6.61 Å². The molecule has 146 valence electrons. The Kier molecular flexibility index (Phi) is 4.89. The lowest BCUT2D eigenvalue weighted by Crippen LogP contribution is -2.47. The maximum absolute atomic E-state index is 6.08. The van der Waals surface area contributed by atoms with Gasteiger partial charge in [0.15, 0.2) is 5.75 Å². The average Bonchev–Trinajstić information content (AvgIpc) is 3.14. The highest BCUT2D eigenvalue weighted by Gasteiger charge is 2.20. The highest BCUT2D eigenvalue weighted by Crippen LogP contribution is 2.29. The van der Waals surface area contributed by atoms with Gasteiger partial charge in [0, 0.05) is 78.6 Å². The topological polar surface area (TPSA) is 40.7 Å². The number of benzene rings is 2. The molecular weight excluding hydrogens is 374 g/mol. The summed E-state index contributed by atoms with van der Waals surface area (Å²) in [5.74, 6) is 0.866. The second-order valence-electron chi connectivity index (χ2n) is 7.53. The Balaban J connectivity index is 1.18. The molecule has 1 fully saturated rings. The molecule has 28 heavy (non-hydrogen) atoms. The Labute approximate surface area is 169 Å². The van der Waals surface area contributed by atoms with Crippen LogP contribution >= 0.6 is 11.6 Å². The predicted molar refractivity (Wildman–Crippen MR) is 112 cm³/mol. The maximum Gasteiger partial charge on any atom is 0.170 e. The van der Waals surface area contributed by atoms with Crippen LogP contribution in [0.2, 0.25) is 5.02 Å². The molecular formula is C22H24ClN3O2. The first kappa shape index (κ1) is 17.9. The highest BCUT2D eigenvalue weighted by atomic mass is 35.5. The second-order valence-corrected chi connectivity index (χ2v) is 7.97. The lowest BCUT2D eigenvalue weighted by Gasteiger charge is -2.36. The fourth-order valence-corrected chi connectivity index (χ4v) is 4.33. The lowest BCUT2D eigenvalue weighted by molar-refractivity contribution is -0.215. The first-order valence-corrected chi connectivity index (χ1v) is 10.3. The number of hydrogen-bond donors (Lipinski definition) is 1. The summed E-state index contributed by atoms with van der Waals surface area (Å²) in [4.78, 5) is 18.8. The highest BCUT2D eigenvalue weighted by molar-refractivity contribution is 6.31. The van der Waals surface area contributed by atoms with Gasteiger partial charge in [-0.3, -0.25) is 4.90 Å². The molecule has 5 nitrogen and oxygen atoms in total. The minimum atomic E-state index is 0.633. The minimum absolute atomic E-state index is 0.633. The molecule has 0 unspecified atom stereocenters. The normalized spacial score (nSPS) is 17.5. The van der Waals surface area contributed by atoms with Gasteiger partial charge in [-0.1, -0.05) is 23.7 Å². The zero-order valence-electron chi connectivity index (χ0n) is 15.8. The van der Waals surface area contributed by atoms with Crippen LogP contribution < -0.4 is 9.79 Å². The molecule has 0 amide bonds. The number of aromatic nitrogens is 1. The fraction of sp³-hybridized carbons (Fsp3) is 0.364. The van der Waals surface area contributed by atoms with Crippen LogP contribution in [-0.4, -0.2) is 49.2 Å². The summed E-state index contributed by atoms with van der Waals surface area (Å²) in [6.07, 6.45) is 4.08. The van der Waals surface area contributed by atoms with Crippen molar-refractivity contribution in [3.8, 4) is 5.75 Å². The SMILES string of the molecule is Clc1ccc2c(CCN3CCN(c4ccc5c(c4)OOCC5)CC3)c[nH]c2c1. The third kappa shape index (κ3) is 3.58. The van der Waals surface area contributed by atoms with Gasteiger partial charge in [-0.2, -0.15) is 4.89 Å². The van der Waals surface area contributed by atoms with Crippen molar-refractivity contribution in [3.05, 3.63) is 58.7 Å². The molecule has 1 N–H and O–H groups in total. The van der Waals surface area contributed by atoms with Gasteiger partial charge in [0.1, 0.15) is 0 Å². The number of anilines is 1. The molecule has 5 rings (SSSR count). The Morgan fingerprint density at radius 2 is 1.93 bits per heavy atom. The molecule has 0 saturated carbocycles. The van der Waals surface area contributed by atoms with Crippen LogP contribution in [0.3, 0.4) is 0 Å². The number of aromatic amines is 1. The van der Waals surface area contributed by atoms with Gasteiger partial charge in [0.25, 0.3) is 0 Å². The van der Waals surface area contributed by atoms with E-state index in [0.29, 0.717) is 6.61 Å². The molecule has 0 spiro atoms. The summed E-state index contributed by atoms with van der Waals surface area (Å²) in [5, 5.41) is 2.05. The van der Waals surface area contributed by atoms with Crippen molar-refractivity contribution in [3.63, 3.8) is 0 Å². The van der Waals surface area contributed by atoms with E-state index in [-0.39, 0.29) is 0 Å². The maximum atomic E-state index is 6.08. The Hall–Kier alpha value is -2.21. The van der Waals surface area contributed by atoms with E-state index in [1.807, 2.05) is 12.1 Å². The van der Waals surface area contributed by atoms with Crippen LogP contribution in [0.1, 0.15) is 11.1 Å². The van der Waals surface area contributed by atoms with Crippen molar-refractivity contribution < 1.29 is 9.78 Å². The summed E-state index contributed by atoms with van der Waals surface area (Å²) >= 11 is 6.08. The first-order chi connectivity index (χ1) is 13.8. The first-order valence-electron chi connectivity index (χ1n) is 9.91. The second kappa shape index (κ2) is 7.66. The largest absolute Gasteiger partial charge is 0.369 e. The number of nitrogens with zero attached hydrogens (tertiary/aromatic N) is 2. The van der Waals surface area contributed by atoms with Gasteiger partial charge in [-0.25, -0.2) is 0 Å². The summed E-state index contributed by atoms with van der Waals surface area (Å²) in [6.45, 7) is 5.91. The van der Waals surface area contributed by atoms with Gasteiger partial charge >= 0.3 is 0 Å². The molecule has 0 bridgehead atoms. The van der Waals surface area contributed by atoms with Crippen molar-refractivity contribution in [1.29, 1.82) is 0 Å². The van der Waals surface area contributed by atoms with E-state index in [0.717, 1.165) is 61.9 Å². The van der Waals surface area contributed by atoms with Crippen molar-refractivity contribution >= 4 is 28.2 Å². The van der Waals surface area contributed by atoms with Gasteiger partial charge < -0.3 is 14.8 Å². The van der Waals surface area contributed by atoms with Gasteiger partial charge in [0.2, 0.25) is 0 Å². The van der Waals surface area contributed by atoms with Crippen LogP contribution in [-0.2, 0) is 17.7 Å². The number of H-pyrrole nitrogens is 1. The van der Waals surface area contributed by atoms with Crippen molar-refractivity contribution in [2.75, 3.05) is 44.2 Å². The summed E-state index contributed by atoms with van der Waals surface area (Å²) in [6, 6.07) is 12.6. The number of piperazine rings is 1. The Morgan fingerprint density at radius 1 is 1.04 bits per heavy atom. The zero-order chi connectivity index (χ0) is 18.9. The van der Waals surface area contributed by atoms with E-state index in [4.69, 9.17) is 21.4 Å². The van der Waals surface area contributed by atoms with Crippen LogP contribution in [0.15, 0.2) is 42.6 Å². The molecule has 2 aliphatic rings. The Bertz CT molecular complexity index is 979. The average molecular weight is 398 g/mol. The molecule has 0 aliphatic carbocycles. The molecule has 1 aromatic heterocycles. The van der Waals surface area contributed by atoms with Crippen LogP contribution in [0.4, 0.5) is 5.69 Å². The smallest absolute Gasteiger partial charge is 0.170 e. The summed E-state index contributed by atoms with van der Waals surface area (Å²) in [5.41, 5.74) is 4.93.